The van der Waals surface area contributed by atoms with E-state index in [1.54, 1.807) is 12.1 Å². The van der Waals surface area contributed by atoms with E-state index < -0.39 is 29.7 Å². The van der Waals surface area contributed by atoms with Gasteiger partial charge in [-0.05, 0) is 52.6 Å². The number of amides is 3. The topological polar surface area (TPSA) is 102 Å². The summed E-state index contributed by atoms with van der Waals surface area (Å²) in [6.07, 6.45) is -0.915. The quantitative estimate of drug-likeness (QED) is 0.345. The van der Waals surface area contributed by atoms with Crippen molar-refractivity contribution in [3.05, 3.63) is 125 Å². The van der Waals surface area contributed by atoms with Crippen molar-refractivity contribution in [2.45, 2.75) is 5.92 Å². The average molecular weight is 522 g/mol. The van der Waals surface area contributed by atoms with Gasteiger partial charge in [0.15, 0.2) is 0 Å². The van der Waals surface area contributed by atoms with E-state index in [-0.39, 0.29) is 34.9 Å². The second-order valence-electron chi connectivity index (χ2n) is 8.97. The predicted molar refractivity (Wildman–Crippen MR) is 137 cm³/mol. The highest BCUT2D eigenvalue weighted by atomic mass is 19.1. The smallest absolute Gasteiger partial charge is 0.411 e. The molecule has 8 nitrogen and oxygen atoms in total. The first-order valence-corrected chi connectivity index (χ1v) is 12.0. The summed E-state index contributed by atoms with van der Waals surface area (Å²) in [6.45, 7) is 0.0168. The lowest BCUT2D eigenvalue weighted by Gasteiger charge is -2.15. The maximum atomic E-state index is 14.5. The minimum absolute atomic E-state index is 0.0168. The molecule has 3 amide bonds. The van der Waals surface area contributed by atoms with Crippen molar-refractivity contribution in [3.63, 3.8) is 0 Å². The van der Waals surface area contributed by atoms with Crippen molar-refractivity contribution >= 4 is 29.6 Å². The van der Waals surface area contributed by atoms with Gasteiger partial charge in [0, 0.05) is 5.92 Å². The van der Waals surface area contributed by atoms with E-state index in [1.807, 2.05) is 48.5 Å². The van der Waals surface area contributed by atoms with Gasteiger partial charge >= 0.3 is 12.1 Å². The highest BCUT2D eigenvalue weighted by Crippen LogP contribution is 2.44. The summed E-state index contributed by atoms with van der Waals surface area (Å²) in [6, 6.07) is 24.8. The van der Waals surface area contributed by atoms with Crippen LogP contribution < -0.4 is 5.32 Å². The number of carbonyl (C=O) groups is 4. The Balaban J connectivity index is 1.14. The monoisotopic (exact) mass is 522 g/mol. The Bertz CT molecular complexity index is 1600. The summed E-state index contributed by atoms with van der Waals surface area (Å²) in [5.74, 6) is -3.67. The molecule has 39 heavy (non-hydrogen) atoms. The third-order valence-electron chi connectivity index (χ3n) is 6.71. The van der Waals surface area contributed by atoms with E-state index in [9.17, 15) is 23.6 Å². The van der Waals surface area contributed by atoms with E-state index in [1.165, 1.54) is 12.1 Å². The summed E-state index contributed by atoms with van der Waals surface area (Å²) in [5.41, 5.74) is 3.87. The van der Waals surface area contributed by atoms with Crippen LogP contribution in [0.3, 0.4) is 0 Å². The summed E-state index contributed by atoms with van der Waals surface area (Å²) < 4.78 is 19.9. The number of rotatable bonds is 5. The van der Waals surface area contributed by atoms with Gasteiger partial charge in [-0.1, -0.05) is 65.7 Å². The first kappa shape index (κ1) is 24.1. The Morgan fingerprint density at radius 3 is 1.90 bits per heavy atom. The number of ether oxygens (including phenoxy) is 1. The lowest BCUT2D eigenvalue weighted by Crippen LogP contribution is -2.32. The van der Waals surface area contributed by atoms with Crippen LogP contribution in [0.15, 0.2) is 91.0 Å². The van der Waals surface area contributed by atoms with Crippen molar-refractivity contribution in [1.29, 1.82) is 0 Å². The standard InChI is InChI=1S/C30H19FN2O6/c31-25-14-13-17(29(36)39-33-27(34)22-11-5-6-12-23(22)28(33)35)15-26(25)32-30(37)38-16-24-20-9-3-1-7-18(20)19-8-2-4-10-21(19)24/h1-15,24H,16H2,(H,32,37). The second kappa shape index (κ2) is 9.53. The van der Waals surface area contributed by atoms with Crippen LogP contribution in [0.5, 0.6) is 0 Å². The number of halogens is 1. The Labute approximate surface area is 221 Å². The molecule has 0 saturated heterocycles. The molecule has 1 aliphatic carbocycles. The van der Waals surface area contributed by atoms with Crippen LogP contribution in [-0.2, 0) is 9.57 Å². The zero-order chi connectivity index (χ0) is 27.1. The van der Waals surface area contributed by atoms with Gasteiger partial charge in [0.25, 0.3) is 11.8 Å². The molecule has 0 fully saturated rings. The van der Waals surface area contributed by atoms with Crippen LogP contribution in [0, 0.1) is 5.82 Å². The van der Waals surface area contributed by atoms with Crippen LogP contribution in [0.25, 0.3) is 11.1 Å². The number of carbonyl (C=O) groups excluding carboxylic acids is 4. The highest BCUT2D eigenvalue weighted by Gasteiger charge is 2.39. The van der Waals surface area contributed by atoms with Crippen molar-refractivity contribution in [2.75, 3.05) is 11.9 Å². The van der Waals surface area contributed by atoms with Crippen LogP contribution >= 0.6 is 0 Å². The molecule has 0 radical (unpaired) electrons. The summed E-state index contributed by atoms with van der Waals surface area (Å²) >= 11 is 0. The van der Waals surface area contributed by atoms with Gasteiger partial charge in [-0.2, -0.15) is 0 Å². The van der Waals surface area contributed by atoms with Gasteiger partial charge in [-0.25, -0.2) is 14.0 Å². The molecule has 1 aliphatic heterocycles. The number of hydrogen-bond acceptors (Lipinski definition) is 6. The minimum Gasteiger partial charge on any atom is -0.448 e. The molecule has 0 bridgehead atoms. The van der Waals surface area contributed by atoms with E-state index in [0.29, 0.717) is 5.06 Å². The van der Waals surface area contributed by atoms with Gasteiger partial charge in [-0.15, -0.1) is 0 Å². The number of hydroxylamine groups is 2. The van der Waals surface area contributed by atoms with E-state index in [4.69, 9.17) is 9.57 Å². The summed E-state index contributed by atoms with van der Waals surface area (Å²) in [5, 5.41) is 2.67. The second-order valence-corrected chi connectivity index (χ2v) is 8.97. The van der Waals surface area contributed by atoms with Crippen molar-refractivity contribution in [3.8, 4) is 11.1 Å². The third-order valence-corrected chi connectivity index (χ3v) is 6.71. The van der Waals surface area contributed by atoms with Crippen molar-refractivity contribution in [2.24, 2.45) is 0 Å². The number of nitrogens with zero attached hydrogens (tertiary/aromatic N) is 1. The molecule has 2 aliphatic rings. The number of nitrogens with one attached hydrogen (secondary N) is 1. The van der Waals surface area contributed by atoms with Gasteiger partial charge in [0.2, 0.25) is 0 Å². The SMILES string of the molecule is O=C(Nc1cc(C(=O)ON2C(=O)c3ccccc3C2=O)ccc1F)OCC1c2ccccc2-c2ccccc21. The number of imide groups is 1. The molecule has 0 atom stereocenters. The lowest BCUT2D eigenvalue weighted by atomic mass is 9.98. The molecule has 4 aromatic rings. The van der Waals surface area contributed by atoms with E-state index >= 15 is 0 Å². The molecular weight excluding hydrogens is 503 g/mol. The van der Waals surface area contributed by atoms with Crippen LogP contribution in [0.4, 0.5) is 14.9 Å². The first-order chi connectivity index (χ1) is 18.9. The van der Waals surface area contributed by atoms with Gasteiger partial charge in [-0.3, -0.25) is 14.9 Å². The molecule has 0 saturated carbocycles. The molecule has 192 valence electrons. The maximum absolute atomic E-state index is 14.5. The number of anilines is 1. The van der Waals surface area contributed by atoms with E-state index in [2.05, 4.69) is 5.32 Å². The fraction of sp³-hybridized carbons (Fsp3) is 0.0667. The molecule has 9 heteroatoms. The van der Waals surface area contributed by atoms with Crippen molar-refractivity contribution in [1.82, 2.24) is 5.06 Å². The normalized spacial score (nSPS) is 13.5. The first-order valence-electron chi connectivity index (χ1n) is 12.0. The molecule has 0 spiro atoms. The Hall–Kier alpha value is -5.31. The lowest BCUT2D eigenvalue weighted by molar-refractivity contribution is -0.0584. The third kappa shape index (κ3) is 4.19. The Morgan fingerprint density at radius 2 is 1.31 bits per heavy atom. The fourth-order valence-corrected chi connectivity index (χ4v) is 4.88. The number of benzene rings is 4. The van der Waals surface area contributed by atoms with Gasteiger partial charge in [0.05, 0.1) is 22.4 Å². The zero-order valence-corrected chi connectivity index (χ0v) is 20.2. The molecular formula is C30H19FN2O6. The van der Waals surface area contributed by atoms with Gasteiger partial charge in [0.1, 0.15) is 12.4 Å². The largest absolute Gasteiger partial charge is 0.448 e. The minimum atomic E-state index is -1.08. The molecule has 4 aromatic carbocycles. The molecule has 1 N–H and O–H groups in total. The molecule has 1 heterocycles. The zero-order valence-electron chi connectivity index (χ0n) is 20.2. The maximum Gasteiger partial charge on any atom is 0.411 e. The number of hydrogen-bond donors (Lipinski definition) is 1. The number of fused-ring (bicyclic) bond motifs is 4. The van der Waals surface area contributed by atoms with Crippen LogP contribution in [0.2, 0.25) is 0 Å². The molecule has 6 rings (SSSR count). The average Bonchev–Trinajstić information content (AvgIpc) is 3.40. The summed E-state index contributed by atoms with van der Waals surface area (Å²) in [7, 11) is 0. The predicted octanol–water partition coefficient (Wildman–Crippen LogP) is 5.55. The Kier molecular flexibility index (Phi) is 5.88. The Morgan fingerprint density at radius 1 is 0.769 bits per heavy atom. The van der Waals surface area contributed by atoms with Crippen molar-refractivity contribution < 1.29 is 33.1 Å². The summed E-state index contributed by atoms with van der Waals surface area (Å²) in [4.78, 5) is 55.2. The van der Waals surface area contributed by atoms with Crippen LogP contribution in [0.1, 0.15) is 48.1 Å². The van der Waals surface area contributed by atoms with E-state index in [0.717, 1.165) is 40.5 Å². The van der Waals surface area contributed by atoms with Crippen LogP contribution in [-0.4, -0.2) is 35.5 Å². The molecule has 0 unspecified atom stereocenters. The fourth-order valence-electron chi connectivity index (χ4n) is 4.88. The van der Waals surface area contributed by atoms with Gasteiger partial charge < -0.3 is 9.57 Å². The molecule has 0 aromatic heterocycles. The highest BCUT2D eigenvalue weighted by molar-refractivity contribution is 6.21.